The third-order valence-corrected chi connectivity index (χ3v) is 10.7. The molecule has 0 bridgehead atoms. The third-order valence-electron chi connectivity index (χ3n) is 10.7. The highest BCUT2D eigenvalue weighted by atomic mass is 16.2. The molecule has 268 valence electrons. The normalized spacial score (nSPS) is 24.2. The van der Waals surface area contributed by atoms with Gasteiger partial charge in [-0.05, 0) is 68.1 Å². The molecule has 5 rings (SSSR count). The van der Waals surface area contributed by atoms with Gasteiger partial charge < -0.3 is 26.2 Å². The third kappa shape index (κ3) is 8.83. The number of hydrogen-bond acceptors (Lipinski definition) is 8. The Bertz CT molecular complexity index is 1390. The average Bonchev–Trinajstić information content (AvgIpc) is 3.65. The van der Waals surface area contributed by atoms with Gasteiger partial charge in [0.25, 0.3) is 11.8 Å². The minimum absolute atomic E-state index is 0.0132. The minimum atomic E-state index is -0.994. The van der Waals surface area contributed by atoms with Crippen LogP contribution in [0.1, 0.15) is 115 Å². The first kappa shape index (κ1) is 36.4. The van der Waals surface area contributed by atoms with Gasteiger partial charge >= 0.3 is 0 Å². The van der Waals surface area contributed by atoms with Crippen molar-refractivity contribution in [1.82, 2.24) is 36.1 Å². The predicted octanol–water partition coefficient (Wildman–Crippen LogP) is 2.45. The van der Waals surface area contributed by atoms with Gasteiger partial charge in [-0.25, -0.2) is 4.98 Å². The van der Waals surface area contributed by atoms with E-state index in [9.17, 15) is 28.8 Å². The van der Waals surface area contributed by atoms with Crippen LogP contribution < -0.4 is 21.3 Å². The van der Waals surface area contributed by atoms with E-state index in [4.69, 9.17) is 0 Å². The van der Waals surface area contributed by atoms with E-state index in [2.05, 4.69) is 31.2 Å². The van der Waals surface area contributed by atoms with E-state index in [1.54, 1.807) is 4.90 Å². The molecular formula is C36H53N7O6. The monoisotopic (exact) mass is 679 g/mol. The summed E-state index contributed by atoms with van der Waals surface area (Å²) in [4.78, 5) is 91.4. The van der Waals surface area contributed by atoms with Crippen molar-refractivity contribution in [3.05, 3.63) is 24.3 Å². The number of likely N-dealkylation sites (tertiary alicyclic amines) is 1. The SMILES string of the molecule is CCC[C@H](NC(=O)[C@@H]1[C@H]2CCC[C@@H]2CN1C(=O)[C@H](NC(=O)[C@@H](NC(=O)c1cnccn1)C1CCCCC1)C(C)(C)C)C(=O)C(=O)NC1CC1. The lowest BCUT2D eigenvalue weighted by Gasteiger charge is -2.38. The largest absolute Gasteiger partial charge is 0.347 e. The minimum Gasteiger partial charge on any atom is -0.347 e. The number of nitrogens with one attached hydrogen (secondary N) is 4. The molecule has 5 amide bonds. The Morgan fingerprint density at radius 2 is 1.63 bits per heavy atom. The number of carbonyl (C=O) groups excluding carboxylic acids is 6. The molecule has 4 N–H and O–H groups in total. The summed E-state index contributed by atoms with van der Waals surface area (Å²) < 4.78 is 0. The number of ketones is 1. The lowest BCUT2D eigenvalue weighted by molar-refractivity contribution is -0.146. The van der Waals surface area contributed by atoms with Crippen LogP contribution in [-0.2, 0) is 24.0 Å². The second kappa shape index (κ2) is 15.8. The van der Waals surface area contributed by atoms with Crippen LogP contribution in [0.4, 0.5) is 0 Å². The van der Waals surface area contributed by atoms with Gasteiger partial charge in [-0.1, -0.05) is 59.8 Å². The highest BCUT2D eigenvalue weighted by Gasteiger charge is 2.52. The number of amides is 5. The van der Waals surface area contributed by atoms with Crippen molar-refractivity contribution < 1.29 is 28.8 Å². The molecule has 1 saturated heterocycles. The average molecular weight is 680 g/mol. The molecule has 3 aliphatic carbocycles. The van der Waals surface area contributed by atoms with E-state index in [0.717, 1.165) is 64.2 Å². The van der Waals surface area contributed by atoms with Crippen molar-refractivity contribution in [2.24, 2.45) is 23.2 Å². The summed E-state index contributed by atoms with van der Waals surface area (Å²) in [5, 5.41) is 11.5. The number of rotatable bonds is 13. The quantitative estimate of drug-likeness (QED) is 0.230. The van der Waals surface area contributed by atoms with E-state index in [-0.39, 0.29) is 35.4 Å². The first-order chi connectivity index (χ1) is 23.4. The van der Waals surface area contributed by atoms with Crippen LogP contribution in [0.3, 0.4) is 0 Å². The molecule has 49 heavy (non-hydrogen) atoms. The molecule has 1 aromatic heterocycles. The molecule has 6 atom stereocenters. The number of fused-ring (bicyclic) bond motifs is 1. The summed E-state index contributed by atoms with van der Waals surface area (Å²) in [6.07, 6.45) is 13.9. The van der Waals surface area contributed by atoms with Gasteiger partial charge in [-0.15, -0.1) is 0 Å². The molecule has 4 aliphatic rings. The molecule has 13 heteroatoms. The van der Waals surface area contributed by atoms with Crippen LogP contribution in [0.2, 0.25) is 0 Å². The first-order valence-corrected chi connectivity index (χ1v) is 18.2. The Balaban J connectivity index is 1.36. The smallest absolute Gasteiger partial charge is 0.289 e. The summed E-state index contributed by atoms with van der Waals surface area (Å²) in [7, 11) is 0. The molecule has 0 radical (unpaired) electrons. The van der Waals surface area contributed by atoms with Crippen molar-refractivity contribution in [2.75, 3.05) is 6.54 Å². The summed E-state index contributed by atoms with van der Waals surface area (Å²) >= 11 is 0. The van der Waals surface area contributed by atoms with Gasteiger partial charge in [0, 0.05) is 25.0 Å². The Labute approximate surface area is 288 Å². The lowest BCUT2D eigenvalue weighted by Crippen LogP contribution is -2.62. The maximum absolute atomic E-state index is 14.6. The molecule has 4 fully saturated rings. The van der Waals surface area contributed by atoms with Gasteiger partial charge in [0.1, 0.15) is 23.8 Å². The van der Waals surface area contributed by atoms with Crippen LogP contribution in [0.25, 0.3) is 0 Å². The molecule has 1 aromatic rings. The molecule has 0 aromatic carbocycles. The molecule has 3 saturated carbocycles. The Morgan fingerprint density at radius 3 is 2.27 bits per heavy atom. The topological polar surface area (TPSA) is 180 Å². The molecule has 13 nitrogen and oxygen atoms in total. The standard InChI is InChI=1S/C36H53N7O6/c1-5-10-25(29(44)34(48)39-23-15-16-23)40-33(47)28-24-14-9-13-22(24)20-43(28)35(49)30(36(2,3)4)42-32(46)27(21-11-7-6-8-12-21)41-31(45)26-19-37-17-18-38-26/h17-19,21-25,27-28,30H,5-16,20H2,1-4H3,(H,39,48)(H,40,47)(H,41,45)(H,42,46)/t22-,24+,25+,27+,28+,30+/m1/s1. The molecule has 0 unspecified atom stereocenters. The zero-order valence-corrected chi connectivity index (χ0v) is 29.3. The highest BCUT2D eigenvalue weighted by molar-refractivity contribution is 6.38. The Hall–Kier alpha value is -3.90. The lowest BCUT2D eigenvalue weighted by atomic mass is 9.82. The van der Waals surface area contributed by atoms with Crippen LogP contribution in [0, 0.1) is 23.2 Å². The second-order valence-electron chi connectivity index (χ2n) is 15.5. The van der Waals surface area contributed by atoms with E-state index in [1.165, 1.54) is 18.6 Å². The number of nitrogens with zero attached hydrogens (tertiary/aromatic N) is 3. The van der Waals surface area contributed by atoms with E-state index in [1.807, 2.05) is 27.7 Å². The van der Waals surface area contributed by atoms with Crippen molar-refractivity contribution in [3.8, 4) is 0 Å². The van der Waals surface area contributed by atoms with Gasteiger partial charge in [-0.3, -0.25) is 33.8 Å². The molecule has 1 aliphatic heterocycles. The van der Waals surface area contributed by atoms with Crippen LogP contribution in [0.15, 0.2) is 18.6 Å². The summed E-state index contributed by atoms with van der Waals surface area (Å²) in [6.45, 7) is 7.85. The second-order valence-corrected chi connectivity index (χ2v) is 15.5. The number of aromatic nitrogens is 2. The maximum atomic E-state index is 14.6. The molecular weight excluding hydrogens is 626 g/mol. The van der Waals surface area contributed by atoms with Crippen molar-refractivity contribution >= 4 is 35.3 Å². The number of carbonyl (C=O) groups is 6. The van der Waals surface area contributed by atoms with Gasteiger partial charge in [-0.2, -0.15) is 0 Å². The van der Waals surface area contributed by atoms with E-state index in [0.29, 0.717) is 19.4 Å². The maximum Gasteiger partial charge on any atom is 0.289 e. The zero-order chi connectivity index (χ0) is 35.3. The van der Waals surface area contributed by atoms with E-state index < -0.39 is 59.0 Å². The summed E-state index contributed by atoms with van der Waals surface area (Å²) in [5.41, 5.74) is -0.638. The fourth-order valence-electron chi connectivity index (χ4n) is 7.87. The molecule has 0 spiro atoms. The predicted molar refractivity (Wildman–Crippen MR) is 181 cm³/mol. The fraction of sp³-hybridized carbons (Fsp3) is 0.722. The van der Waals surface area contributed by atoms with Crippen LogP contribution in [0.5, 0.6) is 0 Å². The fourth-order valence-corrected chi connectivity index (χ4v) is 7.87. The first-order valence-electron chi connectivity index (χ1n) is 18.2. The van der Waals surface area contributed by atoms with Crippen LogP contribution in [-0.4, -0.2) is 86.9 Å². The van der Waals surface area contributed by atoms with E-state index >= 15 is 0 Å². The van der Waals surface area contributed by atoms with Gasteiger partial charge in [0.05, 0.1) is 12.2 Å². The van der Waals surface area contributed by atoms with Crippen LogP contribution >= 0.6 is 0 Å². The summed E-state index contributed by atoms with van der Waals surface area (Å²) in [6, 6.07) is -3.68. The Morgan fingerprint density at radius 1 is 0.898 bits per heavy atom. The summed E-state index contributed by atoms with van der Waals surface area (Å²) in [5.74, 6) is -3.20. The highest BCUT2D eigenvalue weighted by Crippen LogP contribution is 2.43. The van der Waals surface area contributed by atoms with Crippen molar-refractivity contribution in [2.45, 2.75) is 135 Å². The van der Waals surface area contributed by atoms with Crippen molar-refractivity contribution in [3.63, 3.8) is 0 Å². The van der Waals surface area contributed by atoms with Gasteiger partial charge in [0.15, 0.2) is 0 Å². The van der Waals surface area contributed by atoms with Crippen molar-refractivity contribution in [1.29, 1.82) is 0 Å². The number of Topliss-reactive ketones (excluding diaryl/α,β-unsaturated/α-hetero) is 1. The van der Waals surface area contributed by atoms with Gasteiger partial charge in [0.2, 0.25) is 23.5 Å². The number of hydrogen-bond donors (Lipinski definition) is 4. The zero-order valence-electron chi connectivity index (χ0n) is 29.3. The Kier molecular flexibility index (Phi) is 11.7. The molecule has 2 heterocycles.